The molecule has 0 bridgehead atoms. The van der Waals surface area contributed by atoms with Gasteiger partial charge in [0.1, 0.15) is 5.54 Å². The van der Waals surface area contributed by atoms with Crippen molar-refractivity contribution in [2.45, 2.75) is 31.7 Å². The van der Waals surface area contributed by atoms with E-state index < -0.39 is 11.5 Å². The molecule has 1 atom stereocenters. The minimum absolute atomic E-state index is 0. The number of nitrogens with one attached hydrogen (secondary N) is 1. The van der Waals surface area contributed by atoms with E-state index in [1.807, 2.05) is 6.92 Å². The van der Waals surface area contributed by atoms with Crippen molar-refractivity contribution < 1.29 is 9.90 Å². The van der Waals surface area contributed by atoms with Gasteiger partial charge in [0.2, 0.25) is 0 Å². The van der Waals surface area contributed by atoms with Crippen molar-refractivity contribution in [2.75, 3.05) is 6.54 Å². The van der Waals surface area contributed by atoms with Crippen LogP contribution >= 0.6 is 12.4 Å². The number of carbonyl (C=O) groups is 1. The lowest BCUT2D eigenvalue weighted by atomic mass is 9.95. The summed E-state index contributed by atoms with van der Waals surface area (Å²) >= 11 is 0. The van der Waals surface area contributed by atoms with Gasteiger partial charge < -0.3 is 10.4 Å². The molecular weight excluding hydrogens is 166 g/mol. The summed E-state index contributed by atoms with van der Waals surface area (Å²) in [6.45, 7) is 2.76. The number of halogens is 1. The maximum absolute atomic E-state index is 10.7. The van der Waals surface area contributed by atoms with Gasteiger partial charge in [-0.1, -0.05) is 6.92 Å². The maximum Gasteiger partial charge on any atom is 0.323 e. The van der Waals surface area contributed by atoms with Crippen LogP contribution in [0.15, 0.2) is 0 Å². The molecule has 0 radical (unpaired) electrons. The molecule has 0 unspecified atom stereocenters. The molecule has 4 heteroatoms. The van der Waals surface area contributed by atoms with Gasteiger partial charge >= 0.3 is 5.97 Å². The number of hydrogen-bond donors (Lipinski definition) is 2. The van der Waals surface area contributed by atoms with E-state index >= 15 is 0 Å². The van der Waals surface area contributed by atoms with Crippen LogP contribution in [0.5, 0.6) is 0 Å². The van der Waals surface area contributed by atoms with Crippen LogP contribution in [0.2, 0.25) is 0 Å². The fourth-order valence-corrected chi connectivity index (χ4v) is 1.44. The molecule has 11 heavy (non-hydrogen) atoms. The Kier molecular flexibility index (Phi) is 3.83. The van der Waals surface area contributed by atoms with Crippen LogP contribution in [-0.4, -0.2) is 23.2 Å². The molecule has 0 aromatic heterocycles. The van der Waals surface area contributed by atoms with Crippen molar-refractivity contribution in [1.29, 1.82) is 0 Å². The second-order valence-electron chi connectivity index (χ2n) is 2.77. The van der Waals surface area contributed by atoms with Gasteiger partial charge in [-0.3, -0.25) is 4.79 Å². The second kappa shape index (κ2) is 3.93. The van der Waals surface area contributed by atoms with Gasteiger partial charge in [-0.2, -0.15) is 0 Å². The molecular formula is C7H14ClNO2. The SMILES string of the molecule is CC[C@@]1(C(=O)O)CCCN1.Cl. The predicted octanol–water partition coefficient (Wildman–Crippen LogP) is 1.02. The van der Waals surface area contributed by atoms with Crippen LogP contribution < -0.4 is 5.32 Å². The van der Waals surface area contributed by atoms with E-state index in [0.29, 0.717) is 6.42 Å². The fraction of sp³-hybridized carbons (Fsp3) is 0.857. The summed E-state index contributed by atoms with van der Waals surface area (Å²) in [7, 11) is 0. The first-order chi connectivity index (χ1) is 4.71. The van der Waals surface area contributed by atoms with Crippen LogP contribution in [0, 0.1) is 0 Å². The van der Waals surface area contributed by atoms with Crippen molar-refractivity contribution in [1.82, 2.24) is 5.32 Å². The Bertz CT molecular complexity index is 143. The van der Waals surface area contributed by atoms with Gasteiger partial charge in [-0.15, -0.1) is 12.4 Å². The maximum atomic E-state index is 10.7. The normalized spacial score (nSPS) is 29.5. The number of hydrogen-bond acceptors (Lipinski definition) is 2. The standard InChI is InChI=1S/C7H13NO2.ClH/c1-2-7(6(9)10)4-3-5-8-7;/h8H,2-5H2,1H3,(H,9,10);1H/t7-;/m0./s1. The Morgan fingerprint density at radius 1 is 1.73 bits per heavy atom. The molecule has 0 aromatic carbocycles. The molecule has 1 heterocycles. The van der Waals surface area contributed by atoms with Gasteiger partial charge in [0.05, 0.1) is 0 Å². The monoisotopic (exact) mass is 179 g/mol. The number of carboxylic acids is 1. The molecule has 1 aliphatic heterocycles. The van der Waals surface area contributed by atoms with E-state index in [9.17, 15) is 4.79 Å². The molecule has 2 N–H and O–H groups in total. The Balaban J connectivity index is 0.000001000. The lowest BCUT2D eigenvalue weighted by Crippen LogP contribution is -2.46. The third-order valence-electron chi connectivity index (χ3n) is 2.26. The molecule has 0 spiro atoms. The molecule has 3 nitrogen and oxygen atoms in total. The smallest absolute Gasteiger partial charge is 0.323 e. The van der Waals surface area contributed by atoms with Gasteiger partial charge in [-0.05, 0) is 25.8 Å². The topological polar surface area (TPSA) is 49.3 Å². The van der Waals surface area contributed by atoms with Gasteiger partial charge in [0.15, 0.2) is 0 Å². The van der Waals surface area contributed by atoms with Crippen molar-refractivity contribution in [2.24, 2.45) is 0 Å². The van der Waals surface area contributed by atoms with E-state index in [1.54, 1.807) is 0 Å². The van der Waals surface area contributed by atoms with Gasteiger partial charge in [0.25, 0.3) is 0 Å². The molecule has 1 fully saturated rings. The lowest BCUT2D eigenvalue weighted by molar-refractivity contribution is -0.144. The highest BCUT2D eigenvalue weighted by Gasteiger charge is 2.38. The van der Waals surface area contributed by atoms with Crippen molar-refractivity contribution in [3.05, 3.63) is 0 Å². The second-order valence-corrected chi connectivity index (χ2v) is 2.77. The van der Waals surface area contributed by atoms with E-state index in [-0.39, 0.29) is 12.4 Å². The molecule has 0 saturated carbocycles. The predicted molar refractivity (Wildman–Crippen MR) is 45.1 cm³/mol. The highest BCUT2D eigenvalue weighted by Crippen LogP contribution is 2.22. The first-order valence-electron chi connectivity index (χ1n) is 3.70. The largest absolute Gasteiger partial charge is 0.480 e. The fourth-order valence-electron chi connectivity index (χ4n) is 1.44. The van der Waals surface area contributed by atoms with Crippen LogP contribution in [-0.2, 0) is 4.79 Å². The van der Waals surface area contributed by atoms with Gasteiger partial charge in [0, 0.05) is 0 Å². The first kappa shape index (κ1) is 10.7. The van der Waals surface area contributed by atoms with Crippen LogP contribution in [0.25, 0.3) is 0 Å². The van der Waals surface area contributed by atoms with Gasteiger partial charge in [-0.25, -0.2) is 0 Å². The molecule has 66 valence electrons. The summed E-state index contributed by atoms with van der Waals surface area (Å²) in [5.74, 6) is -0.701. The van der Waals surface area contributed by atoms with Crippen molar-refractivity contribution in [3.63, 3.8) is 0 Å². The zero-order valence-electron chi connectivity index (χ0n) is 6.59. The number of carboxylic acid groups (broad SMARTS) is 1. The molecule has 1 rings (SSSR count). The average Bonchev–Trinajstić information content (AvgIpc) is 2.35. The number of rotatable bonds is 2. The lowest BCUT2D eigenvalue weighted by Gasteiger charge is -2.21. The van der Waals surface area contributed by atoms with Crippen LogP contribution in [0.4, 0.5) is 0 Å². The quantitative estimate of drug-likeness (QED) is 0.666. The Hall–Kier alpha value is -0.280. The Labute approximate surface area is 72.6 Å². The summed E-state index contributed by atoms with van der Waals surface area (Å²) < 4.78 is 0. The summed E-state index contributed by atoms with van der Waals surface area (Å²) in [6.07, 6.45) is 2.45. The molecule has 1 saturated heterocycles. The Morgan fingerprint density at radius 2 is 2.36 bits per heavy atom. The van der Waals surface area contributed by atoms with Crippen molar-refractivity contribution in [3.8, 4) is 0 Å². The molecule has 0 aliphatic carbocycles. The zero-order valence-corrected chi connectivity index (χ0v) is 7.41. The molecule has 0 aromatic rings. The summed E-state index contributed by atoms with van der Waals surface area (Å²) in [5.41, 5.74) is -0.597. The third-order valence-corrected chi connectivity index (χ3v) is 2.26. The summed E-state index contributed by atoms with van der Waals surface area (Å²) in [6, 6.07) is 0. The Morgan fingerprint density at radius 3 is 2.55 bits per heavy atom. The zero-order chi connectivity index (χ0) is 7.61. The minimum atomic E-state index is -0.701. The highest BCUT2D eigenvalue weighted by molar-refractivity contribution is 5.85. The van der Waals surface area contributed by atoms with Crippen LogP contribution in [0.1, 0.15) is 26.2 Å². The van der Waals surface area contributed by atoms with E-state index in [1.165, 1.54) is 0 Å². The molecule has 1 aliphatic rings. The van der Waals surface area contributed by atoms with Crippen molar-refractivity contribution >= 4 is 18.4 Å². The third kappa shape index (κ3) is 1.84. The van der Waals surface area contributed by atoms with Crippen LogP contribution in [0.3, 0.4) is 0 Å². The van der Waals surface area contributed by atoms with E-state index in [0.717, 1.165) is 19.4 Å². The summed E-state index contributed by atoms with van der Waals surface area (Å²) in [4.78, 5) is 10.7. The van der Waals surface area contributed by atoms with E-state index in [2.05, 4.69) is 5.32 Å². The van der Waals surface area contributed by atoms with E-state index in [4.69, 9.17) is 5.11 Å². The average molecular weight is 180 g/mol. The molecule has 0 amide bonds. The summed E-state index contributed by atoms with van der Waals surface area (Å²) in [5, 5.41) is 11.8. The minimum Gasteiger partial charge on any atom is -0.480 e. The first-order valence-corrected chi connectivity index (χ1v) is 3.70. The number of aliphatic carboxylic acids is 1. The highest BCUT2D eigenvalue weighted by atomic mass is 35.5.